The number of benzene rings is 2. The van der Waals surface area contributed by atoms with Crippen molar-refractivity contribution in [1.82, 2.24) is 15.0 Å². The Morgan fingerprint density at radius 1 is 1.07 bits per heavy atom. The molecule has 146 valence electrons. The van der Waals surface area contributed by atoms with Gasteiger partial charge < -0.3 is 10.6 Å². The molecule has 9 heteroatoms. The summed E-state index contributed by atoms with van der Waals surface area (Å²) in [6.45, 7) is 3.90. The minimum atomic E-state index is -0.485. The van der Waals surface area contributed by atoms with E-state index in [1.165, 1.54) is 17.7 Å². The zero-order valence-corrected chi connectivity index (χ0v) is 16.6. The predicted molar refractivity (Wildman–Crippen MR) is 115 cm³/mol. The Hall–Kier alpha value is -3.59. The number of thiazole rings is 1. The summed E-state index contributed by atoms with van der Waals surface area (Å²) in [5, 5.41) is 18.5. The van der Waals surface area contributed by atoms with Crippen LogP contribution in [0.3, 0.4) is 0 Å². The number of rotatable bonds is 6. The Morgan fingerprint density at radius 2 is 1.83 bits per heavy atom. The van der Waals surface area contributed by atoms with Crippen molar-refractivity contribution in [3.8, 4) is 0 Å². The summed E-state index contributed by atoms with van der Waals surface area (Å²) < 4.78 is 1.00. The first-order valence-corrected chi connectivity index (χ1v) is 9.78. The monoisotopic (exact) mass is 406 g/mol. The van der Waals surface area contributed by atoms with E-state index in [2.05, 4.69) is 25.6 Å². The van der Waals surface area contributed by atoms with Gasteiger partial charge in [0.25, 0.3) is 0 Å². The van der Waals surface area contributed by atoms with Gasteiger partial charge in [-0.1, -0.05) is 53.8 Å². The van der Waals surface area contributed by atoms with E-state index in [9.17, 15) is 10.1 Å². The second-order valence-corrected chi connectivity index (χ2v) is 7.55. The summed E-state index contributed by atoms with van der Waals surface area (Å²) in [6.07, 6.45) is 1.30. The molecule has 2 aromatic carbocycles. The Morgan fingerprint density at radius 3 is 2.55 bits per heavy atom. The van der Waals surface area contributed by atoms with E-state index in [0.717, 1.165) is 21.3 Å². The van der Waals surface area contributed by atoms with Crippen LogP contribution in [0.2, 0.25) is 0 Å². The number of nitro groups is 1. The fourth-order valence-corrected chi connectivity index (χ4v) is 3.96. The van der Waals surface area contributed by atoms with Crippen LogP contribution in [0.15, 0.2) is 54.9 Å². The van der Waals surface area contributed by atoms with E-state index in [4.69, 9.17) is 0 Å². The maximum Gasteiger partial charge on any atom is 0.353 e. The molecule has 0 amide bonds. The highest BCUT2D eigenvalue weighted by Crippen LogP contribution is 2.35. The number of nitrogens with zero attached hydrogens (tertiary/aromatic N) is 4. The Balaban J connectivity index is 1.67. The Kier molecular flexibility index (Phi) is 5.05. The van der Waals surface area contributed by atoms with Crippen LogP contribution in [-0.2, 0) is 0 Å². The Bertz CT molecular complexity index is 1180. The lowest BCUT2D eigenvalue weighted by atomic mass is 10.1. The van der Waals surface area contributed by atoms with E-state index in [1.54, 1.807) is 0 Å². The Labute approximate surface area is 170 Å². The number of para-hydroxylation sites is 1. The molecule has 29 heavy (non-hydrogen) atoms. The zero-order valence-electron chi connectivity index (χ0n) is 15.8. The first kappa shape index (κ1) is 18.8. The van der Waals surface area contributed by atoms with Crippen molar-refractivity contribution in [1.29, 1.82) is 0 Å². The SMILES string of the molecule is Cc1cccc2sc(Nc3ncnc(NC(C)c4ccccc4)c3[N+](=O)[O-])nc12. The van der Waals surface area contributed by atoms with E-state index >= 15 is 0 Å². The molecule has 2 aromatic heterocycles. The molecule has 0 bridgehead atoms. The molecule has 0 radical (unpaired) electrons. The summed E-state index contributed by atoms with van der Waals surface area (Å²) in [5.74, 6) is 0.255. The normalized spacial score (nSPS) is 11.9. The van der Waals surface area contributed by atoms with Gasteiger partial charge in [-0.2, -0.15) is 0 Å². The van der Waals surface area contributed by atoms with Crippen LogP contribution in [0.4, 0.5) is 22.5 Å². The number of anilines is 3. The summed E-state index contributed by atoms with van der Waals surface area (Å²) in [7, 11) is 0. The number of aryl methyl sites for hydroxylation is 1. The van der Waals surface area contributed by atoms with Gasteiger partial charge in [0, 0.05) is 0 Å². The van der Waals surface area contributed by atoms with Gasteiger partial charge in [0.2, 0.25) is 11.6 Å². The maximum absolute atomic E-state index is 11.8. The molecule has 0 aliphatic heterocycles. The molecule has 0 aliphatic carbocycles. The minimum Gasteiger partial charge on any atom is -0.358 e. The van der Waals surface area contributed by atoms with Crippen molar-refractivity contribution >= 4 is 44.0 Å². The summed E-state index contributed by atoms with van der Waals surface area (Å²) in [6, 6.07) is 15.4. The molecule has 1 atom stereocenters. The number of fused-ring (bicyclic) bond motifs is 1. The van der Waals surface area contributed by atoms with Crippen LogP contribution in [0.5, 0.6) is 0 Å². The fraction of sp³-hybridized carbons (Fsp3) is 0.150. The van der Waals surface area contributed by atoms with Gasteiger partial charge in [0.1, 0.15) is 6.33 Å². The molecule has 4 rings (SSSR count). The molecule has 0 fully saturated rings. The van der Waals surface area contributed by atoms with Gasteiger partial charge in [0.05, 0.1) is 21.2 Å². The van der Waals surface area contributed by atoms with Crippen LogP contribution >= 0.6 is 11.3 Å². The van der Waals surface area contributed by atoms with Gasteiger partial charge in [-0.3, -0.25) is 10.1 Å². The average molecular weight is 406 g/mol. The highest BCUT2D eigenvalue weighted by atomic mass is 32.1. The second kappa shape index (κ2) is 7.80. The molecule has 2 heterocycles. The average Bonchev–Trinajstić information content (AvgIpc) is 3.12. The van der Waals surface area contributed by atoms with Crippen molar-refractivity contribution in [3.05, 3.63) is 76.1 Å². The van der Waals surface area contributed by atoms with Crippen molar-refractivity contribution in [2.45, 2.75) is 19.9 Å². The summed E-state index contributed by atoms with van der Waals surface area (Å²) in [4.78, 5) is 24.1. The van der Waals surface area contributed by atoms with E-state index < -0.39 is 4.92 Å². The standard InChI is InChI=1S/C20H18N6O2S/c1-12-7-6-10-15-16(12)24-20(29-15)25-19-17(26(27)28)18(21-11-22-19)23-13(2)14-8-4-3-5-9-14/h3-11,13H,1-2H3,(H2,21,22,23,24,25). The number of hydrogen-bond donors (Lipinski definition) is 2. The summed E-state index contributed by atoms with van der Waals surface area (Å²) >= 11 is 1.42. The van der Waals surface area contributed by atoms with Crippen molar-refractivity contribution in [2.24, 2.45) is 0 Å². The van der Waals surface area contributed by atoms with Crippen LogP contribution in [0, 0.1) is 17.0 Å². The first-order chi connectivity index (χ1) is 14.0. The molecule has 4 aromatic rings. The lowest BCUT2D eigenvalue weighted by Crippen LogP contribution is -2.11. The smallest absolute Gasteiger partial charge is 0.353 e. The van der Waals surface area contributed by atoms with Gasteiger partial charge in [-0.05, 0) is 31.0 Å². The number of hydrogen-bond acceptors (Lipinski definition) is 8. The van der Waals surface area contributed by atoms with Gasteiger partial charge in [-0.15, -0.1) is 0 Å². The third-order valence-corrected chi connectivity index (χ3v) is 5.44. The molecule has 0 spiro atoms. The molecular weight excluding hydrogens is 388 g/mol. The van der Waals surface area contributed by atoms with Crippen molar-refractivity contribution < 1.29 is 4.92 Å². The van der Waals surface area contributed by atoms with E-state index in [-0.39, 0.29) is 23.4 Å². The molecule has 1 unspecified atom stereocenters. The van der Waals surface area contributed by atoms with Gasteiger partial charge >= 0.3 is 5.69 Å². The lowest BCUT2D eigenvalue weighted by molar-refractivity contribution is -0.383. The van der Waals surface area contributed by atoms with Crippen LogP contribution in [0.1, 0.15) is 24.1 Å². The first-order valence-electron chi connectivity index (χ1n) is 8.97. The molecule has 0 saturated carbocycles. The van der Waals surface area contributed by atoms with Crippen LogP contribution in [-0.4, -0.2) is 19.9 Å². The van der Waals surface area contributed by atoms with Crippen LogP contribution in [0.25, 0.3) is 10.2 Å². The van der Waals surface area contributed by atoms with Crippen molar-refractivity contribution in [2.75, 3.05) is 10.6 Å². The highest BCUT2D eigenvalue weighted by molar-refractivity contribution is 7.22. The predicted octanol–water partition coefficient (Wildman–Crippen LogP) is 5.22. The summed E-state index contributed by atoms with van der Waals surface area (Å²) in [5.41, 5.74) is 2.69. The molecule has 0 saturated heterocycles. The second-order valence-electron chi connectivity index (χ2n) is 6.52. The highest BCUT2D eigenvalue weighted by Gasteiger charge is 2.25. The lowest BCUT2D eigenvalue weighted by Gasteiger charge is -2.15. The topological polar surface area (TPSA) is 106 Å². The van der Waals surface area contributed by atoms with E-state index in [1.807, 2.05) is 62.4 Å². The number of aromatic nitrogens is 3. The third kappa shape index (κ3) is 3.85. The van der Waals surface area contributed by atoms with Crippen molar-refractivity contribution in [3.63, 3.8) is 0 Å². The molecular formula is C20H18N6O2S. The molecule has 2 N–H and O–H groups in total. The largest absolute Gasteiger partial charge is 0.358 e. The quantitative estimate of drug-likeness (QED) is 0.334. The fourth-order valence-electron chi connectivity index (χ4n) is 3.02. The number of nitrogens with one attached hydrogen (secondary N) is 2. The van der Waals surface area contributed by atoms with Gasteiger partial charge in [0.15, 0.2) is 5.13 Å². The molecule has 8 nitrogen and oxygen atoms in total. The van der Waals surface area contributed by atoms with Gasteiger partial charge in [-0.25, -0.2) is 15.0 Å². The van der Waals surface area contributed by atoms with E-state index in [0.29, 0.717) is 5.13 Å². The maximum atomic E-state index is 11.8. The zero-order chi connectivity index (χ0) is 20.4. The molecule has 0 aliphatic rings. The van der Waals surface area contributed by atoms with Crippen LogP contribution < -0.4 is 10.6 Å². The minimum absolute atomic E-state index is 0.101. The third-order valence-electron chi connectivity index (χ3n) is 4.50.